The number of imidazole rings is 1. The van der Waals surface area contributed by atoms with Crippen LogP contribution in [0.3, 0.4) is 0 Å². The van der Waals surface area contributed by atoms with E-state index in [9.17, 15) is 9.59 Å². The smallest absolute Gasteiger partial charge is 0.275 e. The van der Waals surface area contributed by atoms with Crippen molar-refractivity contribution < 1.29 is 4.79 Å². The predicted molar refractivity (Wildman–Crippen MR) is 94.4 cm³/mol. The van der Waals surface area contributed by atoms with E-state index >= 15 is 0 Å². The molecule has 0 spiro atoms. The highest BCUT2D eigenvalue weighted by atomic mass is 32.1. The molecule has 6 heteroatoms. The maximum Gasteiger partial charge on any atom is 0.275 e. The zero-order valence-corrected chi connectivity index (χ0v) is 13.5. The van der Waals surface area contributed by atoms with E-state index in [1.165, 1.54) is 11.3 Å². The predicted octanol–water partition coefficient (Wildman–Crippen LogP) is 1.80. The van der Waals surface area contributed by atoms with Crippen LogP contribution in [0.15, 0.2) is 53.3 Å². The second-order valence-corrected chi connectivity index (χ2v) is 6.69. The van der Waals surface area contributed by atoms with Crippen molar-refractivity contribution in [1.82, 2.24) is 9.38 Å². The van der Waals surface area contributed by atoms with E-state index in [0.717, 1.165) is 22.3 Å². The number of aromatic nitrogens is 2. The monoisotopic (exact) mass is 333 g/mol. The van der Waals surface area contributed by atoms with Crippen LogP contribution < -0.4 is 15.0 Å². The second-order valence-electron chi connectivity index (χ2n) is 5.71. The molecule has 2 aromatic heterocycles. The van der Waals surface area contributed by atoms with Crippen LogP contribution >= 0.6 is 11.3 Å². The van der Waals surface area contributed by atoms with Crippen molar-refractivity contribution in [2.75, 3.05) is 11.9 Å². The number of thiazole rings is 1. The lowest BCUT2D eigenvalue weighted by Crippen LogP contribution is -2.30. The molecular formula is C18H11N3O2S. The first kappa shape index (κ1) is 13.4. The minimum atomic E-state index is -0.183. The average molecular weight is 333 g/mol. The third-order valence-electron chi connectivity index (χ3n) is 4.40. The van der Waals surface area contributed by atoms with Gasteiger partial charge in [0.05, 0.1) is 22.3 Å². The largest absolute Gasteiger partial charge is 0.311 e. The van der Waals surface area contributed by atoms with Crippen LogP contribution in [0.1, 0.15) is 5.56 Å². The Hall–Kier alpha value is -2.99. The van der Waals surface area contributed by atoms with Crippen LogP contribution in [0.5, 0.6) is 0 Å². The Labute approximate surface area is 140 Å². The Morgan fingerprint density at radius 3 is 2.62 bits per heavy atom. The molecule has 5 nitrogen and oxygen atoms in total. The minimum Gasteiger partial charge on any atom is -0.311 e. The highest BCUT2D eigenvalue weighted by molar-refractivity contribution is 7.15. The van der Waals surface area contributed by atoms with Gasteiger partial charge in [-0.1, -0.05) is 41.7 Å². The van der Waals surface area contributed by atoms with Crippen molar-refractivity contribution in [3.8, 4) is 0 Å². The van der Waals surface area contributed by atoms with Crippen molar-refractivity contribution in [1.29, 1.82) is 0 Å². The Balaban J connectivity index is 1.97. The van der Waals surface area contributed by atoms with E-state index in [2.05, 4.69) is 4.98 Å². The summed E-state index contributed by atoms with van der Waals surface area (Å²) >= 11 is 1.27. The minimum absolute atomic E-state index is 0.151. The highest BCUT2D eigenvalue weighted by Crippen LogP contribution is 2.33. The molecule has 0 N–H and O–H groups in total. The molecule has 0 atom stereocenters. The van der Waals surface area contributed by atoms with Gasteiger partial charge >= 0.3 is 0 Å². The molecule has 24 heavy (non-hydrogen) atoms. The van der Waals surface area contributed by atoms with Crippen LogP contribution in [0.2, 0.25) is 0 Å². The number of carbonyl (C=O) groups is 1. The summed E-state index contributed by atoms with van der Waals surface area (Å²) in [6.45, 7) is 0. The number of fused-ring (bicyclic) bond motifs is 4. The lowest BCUT2D eigenvalue weighted by atomic mass is 10.1. The third-order valence-corrected chi connectivity index (χ3v) is 5.44. The molecule has 0 fully saturated rings. The van der Waals surface area contributed by atoms with Gasteiger partial charge in [-0.05, 0) is 18.2 Å². The zero-order valence-electron chi connectivity index (χ0n) is 12.7. The Kier molecular flexibility index (Phi) is 2.53. The molecule has 1 aliphatic rings. The molecular weight excluding hydrogens is 322 g/mol. The fraction of sp³-hybridized carbons (Fsp3) is 0.0556. The molecule has 0 saturated carbocycles. The maximum atomic E-state index is 13.0. The van der Waals surface area contributed by atoms with Gasteiger partial charge in [-0.15, -0.1) is 0 Å². The van der Waals surface area contributed by atoms with Crippen LogP contribution in [0.25, 0.3) is 21.6 Å². The van der Waals surface area contributed by atoms with Gasteiger partial charge in [0.25, 0.3) is 11.5 Å². The number of nitrogens with zero attached hydrogens (tertiary/aromatic N) is 3. The summed E-state index contributed by atoms with van der Waals surface area (Å²) in [5.41, 5.74) is 3.47. The van der Waals surface area contributed by atoms with Crippen LogP contribution in [-0.4, -0.2) is 22.3 Å². The first-order chi connectivity index (χ1) is 11.7. The molecule has 116 valence electrons. The number of amides is 1. The molecule has 0 saturated heterocycles. The highest BCUT2D eigenvalue weighted by Gasteiger charge is 2.31. The number of carbonyl (C=O) groups excluding carboxylic acids is 1. The number of likely N-dealkylation sites (N-methyl/N-ethyl adjacent to an activating group) is 1. The third kappa shape index (κ3) is 1.55. The topological polar surface area (TPSA) is 54.7 Å². The van der Waals surface area contributed by atoms with Crippen molar-refractivity contribution in [3.63, 3.8) is 0 Å². The molecule has 2 aromatic carbocycles. The average Bonchev–Trinajstić information content (AvgIpc) is 3.19. The molecule has 5 rings (SSSR count). The van der Waals surface area contributed by atoms with Gasteiger partial charge in [-0.2, -0.15) is 0 Å². The number of benzene rings is 2. The SMILES string of the molecule is CN1C(=O)/C(=c2\sc3nc4ccccc4n3c2=O)c2ccccc21. The number of hydrogen-bond donors (Lipinski definition) is 0. The molecule has 3 heterocycles. The lowest BCUT2D eigenvalue weighted by Gasteiger charge is -2.07. The van der Waals surface area contributed by atoms with Gasteiger partial charge in [0, 0.05) is 12.6 Å². The van der Waals surface area contributed by atoms with Gasteiger partial charge < -0.3 is 4.90 Å². The summed E-state index contributed by atoms with van der Waals surface area (Å²) < 4.78 is 2.04. The number of rotatable bonds is 0. The van der Waals surface area contributed by atoms with E-state index in [4.69, 9.17) is 0 Å². The van der Waals surface area contributed by atoms with Gasteiger partial charge in [-0.25, -0.2) is 9.38 Å². The van der Waals surface area contributed by atoms with Crippen molar-refractivity contribution in [3.05, 3.63) is 69.0 Å². The van der Waals surface area contributed by atoms with Gasteiger partial charge in [0.1, 0.15) is 4.53 Å². The van der Waals surface area contributed by atoms with Crippen molar-refractivity contribution in [2.45, 2.75) is 0 Å². The summed E-state index contributed by atoms with van der Waals surface area (Å²) in [7, 11) is 1.73. The molecule has 1 aliphatic heterocycles. The normalized spacial score (nSPS) is 16.4. The summed E-state index contributed by atoms with van der Waals surface area (Å²) in [5.74, 6) is -0.151. The molecule has 0 unspecified atom stereocenters. The summed E-state index contributed by atoms with van der Waals surface area (Å²) in [5, 5.41) is 0. The van der Waals surface area contributed by atoms with E-state index in [-0.39, 0.29) is 11.5 Å². The number of anilines is 1. The van der Waals surface area contributed by atoms with Crippen LogP contribution in [0, 0.1) is 0 Å². The lowest BCUT2D eigenvalue weighted by molar-refractivity contribution is -0.112. The molecule has 4 aromatic rings. The molecule has 1 amide bonds. The van der Waals surface area contributed by atoms with Crippen molar-refractivity contribution in [2.24, 2.45) is 0 Å². The van der Waals surface area contributed by atoms with Crippen LogP contribution in [-0.2, 0) is 4.79 Å². The molecule has 0 radical (unpaired) electrons. The molecule has 0 aliphatic carbocycles. The molecule has 0 bridgehead atoms. The Morgan fingerprint density at radius 2 is 1.75 bits per heavy atom. The fourth-order valence-corrected chi connectivity index (χ4v) is 4.33. The number of para-hydroxylation sites is 3. The van der Waals surface area contributed by atoms with E-state index in [1.807, 2.05) is 48.5 Å². The van der Waals surface area contributed by atoms with Gasteiger partial charge in [-0.3, -0.25) is 9.59 Å². The van der Waals surface area contributed by atoms with E-state index < -0.39 is 0 Å². The van der Waals surface area contributed by atoms with Crippen LogP contribution in [0.4, 0.5) is 5.69 Å². The number of hydrogen-bond acceptors (Lipinski definition) is 4. The maximum absolute atomic E-state index is 13.0. The van der Waals surface area contributed by atoms with Crippen molar-refractivity contribution >= 4 is 44.5 Å². The summed E-state index contributed by atoms with van der Waals surface area (Å²) in [4.78, 5) is 32.4. The van der Waals surface area contributed by atoms with Gasteiger partial charge in [0.2, 0.25) is 0 Å². The van der Waals surface area contributed by atoms with Gasteiger partial charge in [0.15, 0.2) is 4.96 Å². The fourth-order valence-electron chi connectivity index (χ4n) is 3.25. The summed E-state index contributed by atoms with van der Waals surface area (Å²) in [6.07, 6.45) is 0. The standard InChI is InChI=1S/C18H11N3O2S/c1-20-12-8-4-2-6-10(12)14(16(20)22)15-17(23)21-13-9-5-3-7-11(13)19-18(21)24-15/h2-9H,1H3/b15-14-. The zero-order chi connectivity index (χ0) is 16.4. The van der Waals surface area contributed by atoms with E-state index in [1.54, 1.807) is 16.3 Å². The quantitative estimate of drug-likeness (QED) is 0.493. The Morgan fingerprint density at radius 1 is 1.00 bits per heavy atom. The first-order valence-corrected chi connectivity index (χ1v) is 8.30. The second kappa shape index (κ2) is 4.52. The first-order valence-electron chi connectivity index (χ1n) is 7.48. The Bertz CT molecular complexity index is 1270. The summed E-state index contributed by atoms with van der Waals surface area (Å²) in [6, 6.07) is 15.1. The van der Waals surface area contributed by atoms with E-state index in [0.29, 0.717) is 15.1 Å².